The van der Waals surface area contributed by atoms with Crippen molar-refractivity contribution in [2.75, 3.05) is 7.11 Å². The fourth-order valence-electron chi connectivity index (χ4n) is 1.94. The highest BCUT2D eigenvalue weighted by Gasteiger charge is 2.30. The standard InChI is InChI=1S/C10H15NO3S/c1-14-10(13)11-8-5-3-2-4-7(8)9(12)6-15/h6-8H,2-5H2,1H3,(H,11,13)/t7-,8+/m0/s1. The van der Waals surface area contributed by atoms with Crippen molar-refractivity contribution >= 4 is 29.5 Å². The molecule has 2 atom stereocenters. The second-order valence-corrected chi connectivity index (χ2v) is 3.89. The second-order valence-electron chi connectivity index (χ2n) is 3.65. The van der Waals surface area contributed by atoms with Gasteiger partial charge in [-0.2, -0.15) is 0 Å². The van der Waals surface area contributed by atoms with Crippen LogP contribution in [-0.2, 0) is 9.53 Å². The van der Waals surface area contributed by atoms with E-state index in [0.29, 0.717) is 0 Å². The van der Waals surface area contributed by atoms with E-state index in [2.05, 4.69) is 22.3 Å². The largest absolute Gasteiger partial charge is 0.453 e. The lowest BCUT2D eigenvalue weighted by Gasteiger charge is -2.29. The summed E-state index contributed by atoms with van der Waals surface area (Å²) in [6.07, 6.45) is 3.16. The SMILES string of the molecule is COC(=O)N[C@@H]1CCCC[C@@H]1C(=O)C=S. The molecule has 1 amide bonds. The van der Waals surface area contributed by atoms with Crippen molar-refractivity contribution in [1.29, 1.82) is 0 Å². The van der Waals surface area contributed by atoms with Gasteiger partial charge in [0, 0.05) is 17.3 Å². The van der Waals surface area contributed by atoms with Crippen LogP contribution in [0.1, 0.15) is 25.7 Å². The summed E-state index contributed by atoms with van der Waals surface area (Å²) in [5.74, 6) is -0.235. The number of methoxy groups -OCH3 is 1. The normalized spacial score (nSPS) is 25.4. The number of carbonyl (C=O) groups excluding carboxylic acids is 2. The molecule has 1 saturated carbocycles. The zero-order valence-electron chi connectivity index (χ0n) is 8.69. The Morgan fingerprint density at radius 3 is 2.67 bits per heavy atom. The summed E-state index contributed by atoms with van der Waals surface area (Å²) in [4.78, 5) is 22.6. The van der Waals surface area contributed by atoms with Crippen LogP contribution < -0.4 is 5.32 Å². The minimum Gasteiger partial charge on any atom is -0.453 e. The molecule has 1 fully saturated rings. The number of Topliss-reactive ketones (excluding diaryl/α,β-unsaturated/α-hetero) is 1. The number of rotatable bonds is 3. The number of amides is 1. The zero-order valence-corrected chi connectivity index (χ0v) is 9.51. The van der Waals surface area contributed by atoms with Crippen LogP contribution in [0.15, 0.2) is 0 Å². The van der Waals surface area contributed by atoms with Gasteiger partial charge >= 0.3 is 6.09 Å². The van der Waals surface area contributed by atoms with Crippen LogP contribution in [0.5, 0.6) is 0 Å². The van der Waals surface area contributed by atoms with Gasteiger partial charge in [0.25, 0.3) is 0 Å². The van der Waals surface area contributed by atoms with E-state index < -0.39 is 6.09 Å². The Labute approximate surface area is 94.4 Å². The number of hydrogen-bond acceptors (Lipinski definition) is 4. The van der Waals surface area contributed by atoms with Crippen molar-refractivity contribution in [2.24, 2.45) is 5.92 Å². The Bertz CT molecular complexity index is 267. The monoisotopic (exact) mass is 229 g/mol. The summed E-state index contributed by atoms with van der Waals surface area (Å²) in [6.45, 7) is 0. The highest BCUT2D eigenvalue weighted by Crippen LogP contribution is 2.24. The Hall–Kier alpha value is -0.970. The van der Waals surface area contributed by atoms with E-state index in [0.717, 1.165) is 25.7 Å². The van der Waals surface area contributed by atoms with E-state index in [9.17, 15) is 9.59 Å². The van der Waals surface area contributed by atoms with E-state index in [1.807, 2.05) is 0 Å². The van der Waals surface area contributed by atoms with Gasteiger partial charge in [-0.05, 0) is 12.8 Å². The quantitative estimate of drug-likeness (QED) is 0.745. The predicted octanol–water partition coefficient (Wildman–Crippen LogP) is 1.47. The van der Waals surface area contributed by atoms with Crippen LogP contribution >= 0.6 is 12.2 Å². The van der Waals surface area contributed by atoms with Crippen molar-refractivity contribution in [3.05, 3.63) is 0 Å². The molecule has 1 N–H and O–H groups in total. The molecule has 0 heterocycles. The van der Waals surface area contributed by atoms with Crippen molar-refractivity contribution in [1.82, 2.24) is 5.32 Å². The lowest BCUT2D eigenvalue weighted by Crippen LogP contribution is -2.45. The molecule has 0 unspecified atom stereocenters. The zero-order chi connectivity index (χ0) is 11.3. The number of alkyl carbamates (subject to hydrolysis) is 1. The average Bonchev–Trinajstić information content (AvgIpc) is 2.28. The highest BCUT2D eigenvalue weighted by molar-refractivity contribution is 7.80. The minimum atomic E-state index is -0.482. The third kappa shape index (κ3) is 3.27. The topological polar surface area (TPSA) is 55.4 Å². The molecule has 15 heavy (non-hydrogen) atoms. The Morgan fingerprint density at radius 2 is 2.07 bits per heavy atom. The smallest absolute Gasteiger partial charge is 0.407 e. The Morgan fingerprint density at radius 1 is 1.40 bits per heavy atom. The molecular weight excluding hydrogens is 214 g/mol. The number of nitrogens with one attached hydrogen (secondary N) is 1. The van der Waals surface area contributed by atoms with Gasteiger partial charge in [0.05, 0.1) is 7.11 Å². The molecule has 84 valence electrons. The predicted molar refractivity (Wildman–Crippen MR) is 59.9 cm³/mol. The number of thiocarbonyl (C=S) groups is 1. The van der Waals surface area contributed by atoms with Crippen molar-refractivity contribution < 1.29 is 14.3 Å². The number of ketones is 1. The molecule has 5 heteroatoms. The summed E-state index contributed by atoms with van der Waals surface area (Å²) >= 11 is 4.63. The highest BCUT2D eigenvalue weighted by atomic mass is 32.1. The van der Waals surface area contributed by atoms with Crippen molar-refractivity contribution in [2.45, 2.75) is 31.7 Å². The molecule has 0 spiro atoms. The first kappa shape index (κ1) is 12.1. The van der Waals surface area contributed by atoms with Gasteiger partial charge in [0.15, 0.2) is 5.78 Å². The molecule has 1 aliphatic rings. The minimum absolute atomic E-state index is 0.0638. The van der Waals surface area contributed by atoms with Crippen LogP contribution in [-0.4, -0.2) is 30.4 Å². The third-order valence-corrected chi connectivity index (χ3v) is 2.97. The molecule has 0 radical (unpaired) electrons. The molecular formula is C10H15NO3S. The molecule has 0 aromatic carbocycles. The first-order chi connectivity index (χ1) is 7.19. The maximum Gasteiger partial charge on any atom is 0.407 e. The van der Waals surface area contributed by atoms with Gasteiger partial charge in [0.1, 0.15) is 0 Å². The maximum atomic E-state index is 11.5. The van der Waals surface area contributed by atoms with Gasteiger partial charge < -0.3 is 10.1 Å². The van der Waals surface area contributed by atoms with Crippen molar-refractivity contribution in [3.8, 4) is 0 Å². The van der Waals surface area contributed by atoms with Gasteiger partial charge in [-0.1, -0.05) is 25.1 Å². The van der Waals surface area contributed by atoms with Gasteiger partial charge in [0.2, 0.25) is 0 Å². The molecule has 0 aromatic heterocycles. The average molecular weight is 229 g/mol. The first-order valence-electron chi connectivity index (χ1n) is 5.02. The lowest BCUT2D eigenvalue weighted by atomic mass is 9.82. The molecule has 0 aliphatic heterocycles. The van der Waals surface area contributed by atoms with Crippen molar-refractivity contribution in [3.63, 3.8) is 0 Å². The van der Waals surface area contributed by atoms with Gasteiger partial charge in [-0.15, -0.1) is 0 Å². The molecule has 1 aliphatic carbocycles. The lowest BCUT2D eigenvalue weighted by molar-refractivity contribution is -0.117. The van der Waals surface area contributed by atoms with Crippen LogP contribution in [0, 0.1) is 5.92 Å². The fourth-order valence-corrected chi connectivity index (χ4v) is 2.12. The van der Waals surface area contributed by atoms with Crippen LogP contribution in [0.2, 0.25) is 0 Å². The van der Waals surface area contributed by atoms with Gasteiger partial charge in [-0.3, -0.25) is 4.79 Å². The van der Waals surface area contributed by atoms with E-state index in [1.54, 1.807) is 0 Å². The molecule has 0 saturated heterocycles. The van der Waals surface area contributed by atoms with E-state index >= 15 is 0 Å². The number of ether oxygens (including phenoxy) is 1. The first-order valence-corrected chi connectivity index (χ1v) is 5.49. The number of carbonyl (C=O) groups is 2. The number of hydrogen-bond donors (Lipinski definition) is 1. The van der Waals surface area contributed by atoms with Crippen LogP contribution in [0.25, 0.3) is 0 Å². The summed E-state index contributed by atoms with van der Waals surface area (Å²) in [5.41, 5.74) is 0. The third-order valence-electron chi connectivity index (χ3n) is 2.74. The maximum absolute atomic E-state index is 11.5. The molecule has 0 bridgehead atoms. The summed E-state index contributed by atoms with van der Waals surface area (Å²) in [6, 6.07) is -0.127. The summed E-state index contributed by atoms with van der Waals surface area (Å²) in [5, 5.41) is 3.85. The van der Waals surface area contributed by atoms with Gasteiger partial charge in [-0.25, -0.2) is 4.79 Å². The second kappa shape index (κ2) is 5.80. The van der Waals surface area contributed by atoms with E-state index in [4.69, 9.17) is 0 Å². The molecule has 0 aromatic rings. The van der Waals surface area contributed by atoms with Crippen LogP contribution in [0.4, 0.5) is 4.79 Å². The Balaban J connectivity index is 2.61. The molecule has 4 nitrogen and oxygen atoms in total. The summed E-state index contributed by atoms with van der Waals surface area (Å²) in [7, 11) is 1.31. The van der Waals surface area contributed by atoms with E-state index in [1.165, 1.54) is 12.5 Å². The molecule has 1 rings (SSSR count). The summed E-state index contributed by atoms with van der Waals surface area (Å²) < 4.78 is 4.52. The van der Waals surface area contributed by atoms with Crippen LogP contribution in [0.3, 0.4) is 0 Å². The fraction of sp³-hybridized carbons (Fsp3) is 0.700. The Kier molecular flexibility index (Phi) is 4.68. The van der Waals surface area contributed by atoms with E-state index in [-0.39, 0.29) is 17.7 Å².